The standard InChI is InChI=1S/C9H9F3N2S.C8H4F3NS/c10-9(11,12)6-2-1-3-7(4-6)14-8(15)5-13;9-8(10,11)6-2-1-3-7(4-6)12-5-13/h1-4H,5,13H2,(H,14,15);1-4H. The number of rotatable bonds is 3. The van der Waals surface area contributed by atoms with Gasteiger partial charge in [0.2, 0.25) is 0 Å². The molecule has 0 heterocycles. The third-order valence-corrected chi connectivity index (χ3v) is 3.37. The molecule has 150 valence electrons. The zero-order valence-electron chi connectivity index (χ0n) is 13.9. The number of aliphatic imine (C=N–C) groups is 1. The summed E-state index contributed by atoms with van der Waals surface area (Å²) in [5, 5.41) is 4.61. The third kappa shape index (κ3) is 8.13. The van der Waals surface area contributed by atoms with Crippen LogP contribution in [0.25, 0.3) is 0 Å². The van der Waals surface area contributed by atoms with Crippen molar-refractivity contribution in [2.24, 2.45) is 10.7 Å². The predicted molar refractivity (Wildman–Crippen MR) is 103 cm³/mol. The van der Waals surface area contributed by atoms with Crippen molar-refractivity contribution >= 4 is 46.0 Å². The van der Waals surface area contributed by atoms with Crippen LogP contribution in [0.15, 0.2) is 53.5 Å². The van der Waals surface area contributed by atoms with Gasteiger partial charge in [-0.2, -0.15) is 31.3 Å². The summed E-state index contributed by atoms with van der Waals surface area (Å²) in [5.41, 5.74) is 4.21. The van der Waals surface area contributed by atoms with Crippen LogP contribution < -0.4 is 11.1 Å². The fraction of sp³-hybridized carbons (Fsp3) is 0.176. The third-order valence-electron chi connectivity index (χ3n) is 3.01. The van der Waals surface area contributed by atoms with Crippen LogP contribution in [0.5, 0.6) is 0 Å². The van der Waals surface area contributed by atoms with Gasteiger partial charge in [-0.15, -0.1) is 0 Å². The second kappa shape index (κ2) is 10.3. The molecule has 0 amide bonds. The monoisotopic (exact) mass is 437 g/mol. The van der Waals surface area contributed by atoms with E-state index in [4.69, 9.17) is 18.0 Å². The smallest absolute Gasteiger partial charge is 0.349 e. The van der Waals surface area contributed by atoms with E-state index in [0.29, 0.717) is 10.7 Å². The molecule has 0 aliphatic carbocycles. The van der Waals surface area contributed by atoms with Crippen LogP contribution in [0.1, 0.15) is 11.1 Å². The van der Waals surface area contributed by atoms with Gasteiger partial charge in [0.1, 0.15) is 0 Å². The van der Waals surface area contributed by atoms with Crippen molar-refractivity contribution in [1.82, 2.24) is 0 Å². The molecule has 2 aromatic carbocycles. The summed E-state index contributed by atoms with van der Waals surface area (Å²) in [4.78, 5) is 3.75. The fourth-order valence-corrected chi connectivity index (χ4v) is 2.01. The minimum atomic E-state index is -4.35. The molecule has 3 N–H and O–H groups in total. The molecule has 2 rings (SSSR count). The number of nitrogens with zero attached hydrogens (tertiary/aromatic N) is 1. The molecule has 0 radical (unpaired) electrons. The zero-order valence-corrected chi connectivity index (χ0v) is 15.6. The summed E-state index contributed by atoms with van der Waals surface area (Å²) in [6, 6.07) is 9.38. The Morgan fingerprint density at radius 3 is 2.00 bits per heavy atom. The van der Waals surface area contributed by atoms with E-state index in [9.17, 15) is 26.3 Å². The highest BCUT2D eigenvalue weighted by molar-refractivity contribution is 7.80. The van der Waals surface area contributed by atoms with E-state index >= 15 is 0 Å². The summed E-state index contributed by atoms with van der Waals surface area (Å²) in [7, 11) is 0. The average molecular weight is 437 g/mol. The minimum Gasteiger partial charge on any atom is -0.349 e. The van der Waals surface area contributed by atoms with Crippen LogP contribution in [0.2, 0.25) is 0 Å². The molecule has 0 saturated heterocycles. The first kappa shape index (κ1) is 23.7. The Morgan fingerprint density at radius 2 is 1.50 bits per heavy atom. The highest BCUT2D eigenvalue weighted by Crippen LogP contribution is 2.31. The van der Waals surface area contributed by atoms with Crippen molar-refractivity contribution in [2.45, 2.75) is 12.4 Å². The molecule has 11 heteroatoms. The van der Waals surface area contributed by atoms with Crippen molar-refractivity contribution in [3.05, 3.63) is 59.7 Å². The molecule has 0 aliphatic heterocycles. The number of hydrogen-bond donors (Lipinski definition) is 2. The lowest BCUT2D eigenvalue weighted by Crippen LogP contribution is -2.20. The Bertz CT molecular complexity index is 858. The number of isothiocyanates is 1. The largest absolute Gasteiger partial charge is 0.416 e. The summed E-state index contributed by atoms with van der Waals surface area (Å²) < 4.78 is 73.3. The normalized spacial score (nSPS) is 11.0. The molecule has 2 aromatic rings. The average Bonchev–Trinajstić information content (AvgIpc) is 2.61. The van der Waals surface area contributed by atoms with Crippen LogP contribution in [0, 0.1) is 0 Å². The van der Waals surface area contributed by atoms with Crippen LogP contribution in [-0.4, -0.2) is 16.7 Å². The summed E-state index contributed by atoms with van der Waals surface area (Å²) >= 11 is 9.03. The van der Waals surface area contributed by atoms with E-state index in [1.807, 2.05) is 5.16 Å². The number of alkyl halides is 6. The van der Waals surface area contributed by atoms with Gasteiger partial charge in [-0.05, 0) is 48.6 Å². The summed E-state index contributed by atoms with van der Waals surface area (Å²) in [6.07, 6.45) is -8.69. The lowest BCUT2D eigenvalue weighted by Gasteiger charge is -2.10. The molecule has 0 spiro atoms. The molecule has 0 aromatic heterocycles. The number of benzene rings is 2. The minimum absolute atomic E-state index is 0.103. The Kier molecular flexibility index (Phi) is 8.70. The van der Waals surface area contributed by atoms with Crippen LogP contribution in [0.3, 0.4) is 0 Å². The second-order valence-electron chi connectivity index (χ2n) is 5.08. The topological polar surface area (TPSA) is 50.4 Å². The molecule has 0 aliphatic rings. The first-order valence-corrected chi connectivity index (χ1v) is 8.21. The van der Waals surface area contributed by atoms with Gasteiger partial charge in [0.05, 0.1) is 27.0 Å². The Morgan fingerprint density at radius 1 is 0.964 bits per heavy atom. The summed E-state index contributed by atoms with van der Waals surface area (Å²) in [6.45, 7) is 0.103. The van der Waals surface area contributed by atoms with Gasteiger partial charge in [-0.1, -0.05) is 24.4 Å². The quantitative estimate of drug-likeness (QED) is 0.360. The molecule has 0 atom stereocenters. The molecule has 0 bridgehead atoms. The van der Waals surface area contributed by atoms with Crippen molar-refractivity contribution in [2.75, 3.05) is 11.9 Å². The number of nitrogens with two attached hydrogens (primary N) is 1. The van der Waals surface area contributed by atoms with Gasteiger partial charge in [-0.25, -0.2) is 0 Å². The molecule has 0 fully saturated rings. The van der Waals surface area contributed by atoms with E-state index in [1.54, 1.807) is 0 Å². The molecular formula is C17H13F6N3S2. The highest BCUT2D eigenvalue weighted by Gasteiger charge is 2.31. The van der Waals surface area contributed by atoms with Crippen molar-refractivity contribution in [3.8, 4) is 0 Å². The van der Waals surface area contributed by atoms with E-state index in [0.717, 1.165) is 24.3 Å². The number of anilines is 1. The van der Waals surface area contributed by atoms with Gasteiger partial charge in [0.15, 0.2) is 0 Å². The zero-order chi connectivity index (χ0) is 21.4. The number of nitrogens with one attached hydrogen (secondary N) is 1. The first-order valence-electron chi connectivity index (χ1n) is 7.39. The molecular weight excluding hydrogens is 424 g/mol. The van der Waals surface area contributed by atoms with Crippen molar-refractivity contribution in [1.29, 1.82) is 0 Å². The maximum Gasteiger partial charge on any atom is 0.416 e. The van der Waals surface area contributed by atoms with E-state index in [2.05, 4.69) is 22.5 Å². The molecule has 0 saturated carbocycles. The summed E-state index contributed by atoms with van der Waals surface area (Å²) in [5.74, 6) is 0. The van der Waals surface area contributed by atoms with Gasteiger partial charge in [-0.3, -0.25) is 0 Å². The SMILES string of the molecule is FC(F)(F)c1cccc(N=C=S)c1.NCC(=S)Nc1cccc(C(F)(F)F)c1. The molecule has 3 nitrogen and oxygen atoms in total. The van der Waals surface area contributed by atoms with Gasteiger partial charge in [0, 0.05) is 12.2 Å². The maximum absolute atomic E-state index is 12.3. The predicted octanol–water partition coefficient (Wildman–Crippen LogP) is 5.84. The van der Waals surface area contributed by atoms with E-state index in [-0.39, 0.29) is 12.2 Å². The van der Waals surface area contributed by atoms with Crippen LogP contribution in [-0.2, 0) is 12.4 Å². The number of hydrogen-bond acceptors (Lipinski definition) is 4. The molecule has 0 unspecified atom stereocenters. The Labute approximate surface area is 167 Å². The van der Waals surface area contributed by atoms with Crippen molar-refractivity contribution in [3.63, 3.8) is 0 Å². The number of halogens is 6. The lowest BCUT2D eigenvalue weighted by atomic mass is 10.2. The van der Waals surface area contributed by atoms with Crippen LogP contribution >= 0.6 is 24.4 Å². The van der Waals surface area contributed by atoms with Gasteiger partial charge < -0.3 is 11.1 Å². The Balaban J connectivity index is 0.000000283. The highest BCUT2D eigenvalue weighted by atomic mass is 32.1. The van der Waals surface area contributed by atoms with E-state index in [1.165, 1.54) is 24.3 Å². The van der Waals surface area contributed by atoms with E-state index < -0.39 is 23.5 Å². The van der Waals surface area contributed by atoms with Crippen LogP contribution in [0.4, 0.5) is 37.7 Å². The van der Waals surface area contributed by atoms with Gasteiger partial charge in [0.25, 0.3) is 0 Å². The lowest BCUT2D eigenvalue weighted by molar-refractivity contribution is -0.138. The second-order valence-corrected chi connectivity index (χ2v) is 5.76. The maximum atomic E-state index is 12.3. The van der Waals surface area contributed by atoms with Gasteiger partial charge >= 0.3 is 12.4 Å². The van der Waals surface area contributed by atoms with Crippen molar-refractivity contribution < 1.29 is 26.3 Å². The number of thiocarbonyl (C=S) groups is 2. The fourth-order valence-electron chi connectivity index (χ4n) is 1.79. The molecule has 28 heavy (non-hydrogen) atoms. The Hall–Kier alpha value is -2.33. The first-order chi connectivity index (χ1) is 13.0.